The van der Waals surface area contributed by atoms with Crippen LogP contribution in [0.4, 0.5) is 4.79 Å². The molecule has 1 aromatic heterocycles. The second-order valence-corrected chi connectivity index (χ2v) is 6.91. The maximum absolute atomic E-state index is 11.5. The van der Waals surface area contributed by atoms with Crippen molar-refractivity contribution in [3.63, 3.8) is 0 Å². The molecular formula is C16H24N4O3. The van der Waals surface area contributed by atoms with Crippen molar-refractivity contribution >= 4 is 6.09 Å². The molecular weight excluding hydrogens is 296 g/mol. The van der Waals surface area contributed by atoms with Crippen molar-refractivity contribution in [2.45, 2.75) is 49.9 Å². The van der Waals surface area contributed by atoms with E-state index in [1.807, 2.05) is 18.5 Å². The van der Waals surface area contributed by atoms with E-state index >= 15 is 0 Å². The lowest BCUT2D eigenvalue weighted by Crippen LogP contribution is -2.62. The molecule has 1 aromatic rings. The molecule has 1 N–H and O–H groups in total. The summed E-state index contributed by atoms with van der Waals surface area (Å²) >= 11 is 0. The number of hydrogen-bond donors (Lipinski definition) is 1. The van der Waals surface area contributed by atoms with Gasteiger partial charge in [-0.3, -0.25) is 9.58 Å². The van der Waals surface area contributed by atoms with E-state index in [1.165, 1.54) is 0 Å². The van der Waals surface area contributed by atoms with Gasteiger partial charge >= 0.3 is 6.09 Å². The van der Waals surface area contributed by atoms with Crippen LogP contribution in [-0.2, 0) is 4.74 Å². The molecule has 2 atom stereocenters. The van der Waals surface area contributed by atoms with Crippen LogP contribution in [0.15, 0.2) is 18.5 Å². The Morgan fingerprint density at radius 2 is 1.78 bits per heavy atom. The third kappa shape index (κ3) is 2.83. The van der Waals surface area contributed by atoms with Gasteiger partial charge in [-0.1, -0.05) is 0 Å². The van der Waals surface area contributed by atoms with Gasteiger partial charge in [-0.2, -0.15) is 5.10 Å². The highest BCUT2D eigenvalue weighted by Gasteiger charge is 2.43. The molecule has 7 heteroatoms. The standard InChI is InChI=1S/C16H24N4O3/c21-16(22)20-14-8-13(9-15(20)11-23-10-14)18-6-2-12(3-7-18)19-5-1-4-17-19/h1,4-5,12-15H,2-3,6-11H2,(H,21,22). The van der Waals surface area contributed by atoms with Gasteiger partial charge in [-0.25, -0.2) is 4.79 Å². The third-order valence-electron chi connectivity index (χ3n) is 5.63. The lowest BCUT2D eigenvalue weighted by molar-refractivity contribution is -0.0835. The zero-order valence-corrected chi connectivity index (χ0v) is 13.3. The maximum Gasteiger partial charge on any atom is 0.407 e. The second-order valence-electron chi connectivity index (χ2n) is 6.91. The van der Waals surface area contributed by atoms with Crippen LogP contribution in [0.1, 0.15) is 31.7 Å². The van der Waals surface area contributed by atoms with E-state index in [0.29, 0.717) is 25.3 Å². The highest BCUT2D eigenvalue weighted by Crippen LogP contribution is 2.33. The van der Waals surface area contributed by atoms with Gasteiger partial charge in [0.25, 0.3) is 0 Å². The lowest BCUT2D eigenvalue weighted by Gasteiger charge is -2.50. The second kappa shape index (κ2) is 6.13. The normalized spacial score (nSPS) is 32.9. The number of morpholine rings is 1. The van der Waals surface area contributed by atoms with Gasteiger partial charge in [0, 0.05) is 31.5 Å². The number of ether oxygens (including phenoxy) is 1. The number of carbonyl (C=O) groups is 1. The Balaban J connectivity index is 1.38. The smallest absolute Gasteiger partial charge is 0.407 e. The number of aromatic nitrogens is 2. The van der Waals surface area contributed by atoms with Gasteiger partial charge in [-0.15, -0.1) is 0 Å². The molecule has 2 unspecified atom stereocenters. The number of hydrogen-bond acceptors (Lipinski definition) is 4. The Bertz CT molecular complexity index is 528. The molecule has 4 heterocycles. The Kier molecular flexibility index (Phi) is 3.98. The molecule has 3 saturated heterocycles. The predicted molar refractivity (Wildman–Crippen MR) is 83.4 cm³/mol. The first-order valence-electron chi connectivity index (χ1n) is 8.54. The highest BCUT2D eigenvalue weighted by molar-refractivity contribution is 5.66. The van der Waals surface area contributed by atoms with Gasteiger partial charge < -0.3 is 14.7 Å². The molecule has 1 amide bonds. The van der Waals surface area contributed by atoms with E-state index in [0.717, 1.165) is 38.8 Å². The van der Waals surface area contributed by atoms with E-state index in [2.05, 4.69) is 14.7 Å². The number of amides is 1. The molecule has 3 aliphatic heterocycles. The molecule has 3 fully saturated rings. The molecule has 7 nitrogen and oxygen atoms in total. The number of piperidine rings is 2. The molecule has 23 heavy (non-hydrogen) atoms. The minimum absolute atomic E-state index is 0.0221. The molecule has 0 aromatic carbocycles. The molecule has 4 rings (SSSR count). The minimum atomic E-state index is -0.792. The molecule has 0 aliphatic carbocycles. The van der Waals surface area contributed by atoms with Crippen molar-refractivity contribution < 1.29 is 14.6 Å². The minimum Gasteiger partial charge on any atom is -0.465 e. The summed E-state index contributed by atoms with van der Waals surface area (Å²) in [6.45, 7) is 3.23. The van der Waals surface area contributed by atoms with Crippen LogP contribution in [0, 0.1) is 0 Å². The fourth-order valence-corrected chi connectivity index (χ4v) is 4.51. The summed E-state index contributed by atoms with van der Waals surface area (Å²) in [6.07, 6.45) is 7.13. The SMILES string of the molecule is O=C(O)N1C2COCC1CC(N1CCC(n3cccn3)CC1)C2. The summed E-state index contributed by atoms with van der Waals surface area (Å²) in [6, 6.07) is 3.02. The van der Waals surface area contributed by atoms with E-state index in [9.17, 15) is 9.90 Å². The van der Waals surface area contributed by atoms with Crippen molar-refractivity contribution in [3.8, 4) is 0 Å². The van der Waals surface area contributed by atoms with Gasteiger partial charge in [-0.05, 0) is 31.7 Å². The average Bonchev–Trinajstić information content (AvgIpc) is 3.08. The van der Waals surface area contributed by atoms with Crippen LogP contribution in [0.25, 0.3) is 0 Å². The zero-order chi connectivity index (χ0) is 15.8. The topological polar surface area (TPSA) is 70.8 Å². The predicted octanol–water partition coefficient (Wildman–Crippen LogP) is 1.43. The van der Waals surface area contributed by atoms with Crippen LogP contribution >= 0.6 is 0 Å². The molecule has 2 bridgehead atoms. The van der Waals surface area contributed by atoms with E-state index in [-0.39, 0.29) is 12.1 Å². The summed E-state index contributed by atoms with van der Waals surface area (Å²) < 4.78 is 7.66. The monoisotopic (exact) mass is 320 g/mol. The number of likely N-dealkylation sites (tertiary alicyclic amines) is 1. The summed E-state index contributed by atoms with van der Waals surface area (Å²) in [5, 5.41) is 13.8. The molecule has 0 saturated carbocycles. The summed E-state index contributed by atoms with van der Waals surface area (Å²) in [5.74, 6) is 0. The van der Waals surface area contributed by atoms with Gasteiger partial charge in [0.1, 0.15) is 0 Å². The van der Waals surface area contributed by atoms with Gasteiger partial charge in [0.05, 0.1) is 31.3 Å². The number of nitrogens with zero attached hydrogens (tertiary/aromatic N) is 4. The van der Waals surface area contributed by atoms with Crippen LogP contribution in [0.3, 0.4) is 0 Å². The Morgan fingerprint density at radius 3 is 2.35 bits per heavy atom. The number of rotatable bonds is 2. The maximum atomic E-state index is 11.5. The van der Waals surface area contributed by atoms with Crippen LogP contribution in [-0.4, -0.2) is 75.2 Å². The summed E-state index contributed by atoms with van der Waals surface area (Å²) in [7, 11) is 0. The Hall–Kier alpha value is -1.60. The van der Waals surface area contributed by atoms with Crippen LogP contribution in [0.5, 0.6) is 0 Å². The van der Waals surface area contributed by atoms with Crippen LogP contribution < -0.4 is 0 Å². The zero-order valence-electron chi connectivity index (χ0n) is 13.3. The Morgan fingerprint density at radius 1 is 1.09 bits per heavy atom. The average molecular weight is 320 g/mol. The number of carboxylic acid groups (broad SMARTS) is 1. The fraction of sp³-hybridized carbons (Fsp3) is 0.750. The Labute approximate surface area is 135 Å². The fourth-order valence-electron chi connectivity index (χ4n) is 4.51. The highest BCUT2D eigenvalue weighted by atomic mass is 16.5. The van der Waals surface area contributed by atoms with E-state index < -0.39 is 6.09 Å². The van der Waals surface area contributed by atoms with Crippen LogP contribution in [0.2, 0.25) is 0 Å². The van der Waals surface area contributed by atoms with Gasteiger partial charge in [0.15, 0.2) is 0 Å². The first-order valence-corrected chi connectivity index (χ1v) is 8.54. The van der Waals surface area contributed by atoms with Crippen molar-refractivity contribution in [2.75, 3.05) is 26.3 Å². The first-order chi connectivity index (χ1) is 11.2. The van der Waals surface area contributed by atoms with E-state index in [4.69, 9.17) is 4.74 Å². The van der Waals surface area contributed by atoms with Crippen molar-refractivity contribution in [1.29, 1.82) is 0 Å². The van der Waals surface area contributed by atoms with Crippen molar-refractivity contribution in [2.24, 2.45) is 0 Å². The largest absolute Gasteiger partial charge is 0.465 e. The third-order valence-corrected chi connectivity index (χ3v) is 5.63. The summed E-state index contributed by atoms with van der Waals surface area (Å²) in [4.78, 5) is 15.7. The first kappa shape index (κ1) is 15.0. The molecule has 0 spiro atoms. The van der Waals surface area contributed by atoms with Crippen molar-refractivity contribution in [3.05, 3.63) is 18.5 Å². The van der Waals surface area contributed by atoms with Gasteiger partial charge in [0.2, 0.25) is 0 Å². The number of fused-ring (bicyclic) bond motifs is 2. The molecule has 3 aliphatic rings. The molecule has 126 valence electrons. The van der Waals surface area contributed by atoms with Crippen molar-refractivity contribution in [1.82, 2.24) is 19.6 Å². The molecule has 0 radical (unpaired) electrons. The summed E-state index contributed by atoms with van der Waals surface area (Å²) in [5.41, 5.74) is 0. The van der Waals surface area contributed by atoms with E-state index in [1.54, 1.807) is 4.90 Å². The lowest BCUT2D eigenvalue weighted by atomic mass is 9.88. The quantitative estimate of drug-likeness (QED) is 0.892.